The molecule has 1 aliphatic rings. The Hall–Kier alpha value is -3.65. The molecule has 31 heavy (non-hydrogen) atoms. The Morgan fingerprint density at radius 2 is 1.87 bits per heavy atom. The molecular formula is C23H19BrN4O3. The summed E-state index contributed by atoms with van der Waals surface area (Å²) in [6.07, 6.45) is 3.46. The number of nitrogens with zero attached hydrogens (tertiary/aromatic N) is 2. The maximum atomic E-state index is 12.8. The number of carbonyl (C=O) groups is 3. The molecule has 0 atom stereocenters. The molecular weight excluding hydrogens is 460 g/mol. The molecule has 3 aromatic rings. The van der Waals surface area contributed by atoms with Gasteiger partial charge in [0.25, 0.3) is 5.91 Å². The highest BCUT2D eigenvalue weighted by atomic mass is 79.9. The highest BCUT2D eigenvalue weighted by Crippen LogP contribution is 2.20. The van der Waals surface area contributed by atoms with E-state index in [0.717, 1.165) is 26.3 Å². The van der Waals surface area contributed by atoms with Crippen LogP contribution in [0.15, 0.2) is 77.0 Å². The number of benzene rings is 2. The number of carbonyl (C=O) groups excluding carboxylic acids is 3. The molecule has 0 bridgehead atoms. The van der Waals surface area contributed by atoms with Crippen molar-refractivity contribution < 1.29 is 14.4 Å². The monoisotopic (exact) mass is 478 g/mol. The molecule has 2 aromatic carbocycles. The zero-order valence-electron chi connectivity index (χ0n) is 16.6. The van der Waals surface area contributed by atoms with Crippen molar-refractivity contribution in [2.45, 2.75) is 6.92 Å². The minimum Gasteiger partial charge on any atom is -0.325 e. The summed E-state index contributed by atoms with van der Waals surface area (Å²) in [5.74, 6) is -0.999. The summed E-state index contributed by atoms with van der Waals surface area (Å²) in [6.45, 7) is 1.54. The van der Waals surface area contributed by atoms with E-state index in [0.29, 0.717) is 5.69 Å². The maximum absolute atomic E-state index is 12.8. The van der Waals surface area contributed by atoms with Gasteiger partial charge in [-0.05, 0) is 67.1 Å². The molecule has 0 spiro atoms. The smallest absolute Gasteiger partial charge is 0.325 e. The normalized spacial score (nSPS) is 14.8. The lowest BCUT2D eigenvalue weighted by molar-refractivity contribution is -0.127. The first kappa shape index (κ1) is 20.6. The lowest BCUT2D eigenvalue weighted by Gasteiger charge is -2.12. The Balaban J connectivity index is 1.50. The van der Waals surface area contributed by atoms with Gasteiger partial charge in [-0.1, -0.05) is 28.1 Å². The number of aromatic nitrogens is 1. The zero-order valence-corrected chi connectivity index (χ0v) is 18.2. The van der Waals surface area contributed by atoms with Gasteiger partial charge in [-0.15, -0.1) is 0 Å². The van der Waals surface area contributed by atoms with Crippen molar-refractivity contribution in [3.05, 3.63) is 88.3 Å². The fourth-order valence-corrected chi connectivity index (χ4v) is 3.54. The molecule has 0 radical (unpaired) electrons. The minimum absolute atomic E-state index is 0.116. The second kappa shape index (κ2) is 8.61. The predicted molar refractivity (Wildman–Crippen MR) is 121 cm³/mol. The van der Waals surface area contributed by atoms with Gasteiger partial charge in [0, 0.05) is 27.7 Å². The van der Waals surface area contributed by atoms with Crippen LogP contribution >= 0.6 is 15.9 Å². The number of imide groups is 1. The number of hydrogen-bond acceptors (Lipinski definition) is 3. The number of anilines is 1. The Morgan fingerprint density at radius 1 is 1.10 bits per heavy atom. The Kier molecular flexibility index (Phi) is 5.73. The van der Waals surface area contributed by atoms with Crippen LogP contribution in [0.5, 0.6) is 0 Å². The topological polar surface area (TPSA) is 83.4 Å². The Bertz CT molecular complexity index is 1200. The van der Waals surface area contributed by atoms with Gasteiger partial charge in [0.15, 0.2) is 0 Å². The van der Waals surface area contributed by atoms with Gasteiger partial charge in [-0.3, -0.25) is 9.59 Å². The van der Waals surface area contributed by atoms with Crippen LogP contribution in [0.4, 0.5) is 10.5 Å². The molecule has 4 rings (SSSR count). The molecule has 7 nitrogen and oxygen atoms in total. The quantitative estimate of drug-likeness (QED) is 0.428. The SMILES string of the molecule is Cc1cccc(NC(=O)CN2C(=O)NC(=Cc3cccn3-c3ccc(Br)cc3)C2=O)c1. The number of halogens is 1. The van der Waals surface area contributed by atoms with E-state index in [2.05, 4.69) is 26.6 Å². The lowest BCUT2D eigenvalue weighted by atomic mass is 10.2. The summed E-state index contributed by atoms with van der Waals surface area (Å²) in [5, 5.41) is 5.26. The first-order valence-corrected chi connectivity index (χ1v) is 10.3. The van der Waals surface area contributed by atoms with Gasteiger partial charge < -0.3 is 15.2 Å². The first-order chi connectivity index (χ1) is 14.9. The van der Waals surface area contributed by atoms with Gasteiger partial charge in [-0.2, -0.15) is 0 Å². The fourth-order valence-electron chi connectivity index (χ4n) is 3.28. The van der Waals surface area contributed by atoms with E-state index < -0.39 is 17.8 Å². The van der Waals surface area contributed by atoms with Crippen LogP contribution in [-0.2, 0) is 9.59 Å². The van der Waals surface area contributed by atoms with E-state index in [-0.39, 0.29) is 12.2 Å². The van der Waals surface area contributed by atoms with E-state index in [1.807, 2.05) is 72.3 Å². The number of aryl methyl sites for hydroxylation is 1. The zero-order chi connectivity index (χ0) is 22.0. The summed E-state index contributed by atoms with van der Waals surface area (Å²) in [6, 6.07) is 18.1. The highest BCUT2D eigenvalue weighted by Gasteiger charge is 2.35. The number of rotatable bonds is 5. The number of urea groups is 1. The third-order valence-corrected chi connectivity index (χ3v) is 5.27. The molecule has 1 aromatic heterocycles. The van der Waals surface area contributed by atoms with Crippen LogP contribution in [0.25, 0.3) is 11.8 Å². The van der Waals surface area contributed by atoms with Crippen molar-refractivity contribution in [3.63, 3.8) is 0 Å². The molecule has 156 valence electrons. The minimum atomic E-state index is -0.627. The van der Waals surface area contributed by atoms with Gasteiger partial charge in [0.2, 0.25) is 5.91 Å². The second-order valence-corrected chi connectivity index (χ2v) is 7.99. The summed E-state index contributed by atoms with van der Waals surface area (Å²) in [4.78, 5) is 38.3. The average Bonchev–Trinajstić information content (AvgIpc) is 3.29. The predicted octanol–water partition coefficient (Wildman–Crippen LogP) is 4.08. The number of amides is 4. The molecule has 4 amide bonds. The van der Waals surface area contributed by atoms with Crippen LogP contribution in [0.2, 0.25) is 0 Å². The third kappa shape index (κ3) is 4.59. The van der Waals surface area contributed by atoms with Crippen molar-refractivity contribution in [2.75, 3.05) is 11.9 Å². The Labute approximate surface area is 187 Å². The lowest BCUT2D eigenvalue weighted by Crippen LogP contribution is -2.38. The average molecular weight is 479 g/mol. The van der Waals surface area contributed by atoms with E-state index >= 15 is 0 Å². The summed E-state index contributed by atoms with van der Waals surface area (Å²) in [5.41, 5.74) is 3.35. The van der Waals surface area contributed by atoms with Crippen LogP contribution in [0, 0.1) is 6.92 Å². The van der Waals surface area contributed by atoms with Gasteiger partial charge in [-0.25, -0.2) is 9.69 Å². The largest absolute Gasteiger partial charge is 0.329 e. The van der Waals surface area contributed by atoms with Crippen molar-refractivity contribution in [3.8, 4) is 5.69 Å². The standard InChI is InChI=1S/C23H19BrN4O3/c1-15-4-2-5-17(12-15)25-21(29)14-28-22(30)20(26-23(28)31)13-19-6-3-11-27(19)18-9-7-16(24)8-10-18/h2-13H,14H2,1H3,(H,25,29)(H,26,31). The molecule has 2 heterocycles. The number of nitrogens with one attached hydrogen (secondary N) is 2. The van der Waals surface area contributed by atoms with E-state index in [9.17, 15) is 14.4 Å². The van der Waals surface area contributed by atoms with Crippen molar-refractivity contribution in [1.29, 1.82) is 0 Å². The molecule has 0 unspecified atom stereocenters. The summed E-state index contributed by atoms with van der Waals surface area (Å²) < 4.78 is 2.85. The van der Waals surface area contributed by atoms with Crippen molar-refractivity contribution >= 4 is 45.5 Å². The van der Waals surface area contributed by atoms with Crippen molar-refractivity contribution in [1.82, 2.24) is 14.8 Å². The van der Waals surface area contributed by atoms with Crippen LogP contribution in [0.1, 0.15) is 11.3 Å². The van der Waals surface area contributed by atoms with Crippen LogP contribution < -0.4 is 10.6 Å². The molecule has 8 heteroatoms. The van der Waals surface area contributed by atoms with Gasteiger partial charge >= 0.3 is 6.03 Å². The van der Waals surface area contributed by atoms with Gasteiger partial charge in [0.05, 0.1) is 0 Å². The Morgan fingerprint density at radius 3 is 2.61 bits per heavy atom. The first-order valence-electron chi connectivity index (χ1n) is 9.55. The fraction of sp³-hybridized carbons (Fsp3) is 0.0870. The third-order valence-electron chi connectivity index (χ3n) is 4.74. The molecule has 0 aliphatic carbocycles. The molecule has 2 N–H and O–H groups in total. The maximum Gasteiger partial charge on any atom is 0.329 e. The summed E-state index contributed by atoms with van der Waals surface area (Å²) >= 11 is 3.41. The molecule has 1 fully saturated rings. The number of hydrogen-bond donors (Lipinski definition) is 2. The van der Waals surface area contributed by atoms with E-state index in [4.69, 9.17) is 0 Å². The van der Waals surface area contributed by atoms with E-state index in [1.165, 1.54) is 0 Å². The molecule has 0 saturated carbocycles. The molecule has 1 saturated heterocycles. The van der Waals surface area contributed by atoms with E-state index in [1.54, 1.807) is 12.1 Å². The molecule has 1 aliphatic heterocycles. The van der Waals surface area contributed by atoms with Crippen LogP contribution in [-0.4, -0.2) is 33.9 Å². The highest BCUT2D eigenvalue weighted by molar-refractivity contribution is 9.10. The van der Waals surface area contributed by atoms with Crippen molar-refractivity contribution in [2.24, 2.45) is 0 Å². The summed E-state index contributed by atoms with van der Waals surface area (Å²) in [7, 11) is 0. The van der Waals surface area contributed by atoms with Crippen LogP contribution in [0.3, 0.4) is 0 Å². The second-order valence-electron chi connectivity index (χ2n) is 7.08. The van der Waals surface area contributed by atoms with Gasteiger partial charge in [0.1, 0.15) is 12.2 Å².